The summed E-state index contributed by atoms with van der Waals surface area (Å²) in [5.74, 6) is 0. The largest absolute Gasteiger partial charge is 0.395 e. The van der Waals surface area contributed by atoms with Gasteiger partial charge in [-0.25, -0.2) is 4.79 Å². The molecule has 1 aliphatic rings. The Morgan fingerprint density at radius 2 is 2.14 bits per heavy atom. The Kier molecular flexibility index (Phi) is 6.02. The molecule has 1 aromatic carbocycles. The summed E-state index contributed by atoms with van der Waals surface area (Å²) in [4.78, 5) is 14.0. The molecule has 1 aromatic rings. The zero-order valence-electron chi connectivity index (χ0n) is 12.6. The fourth-order valence-corrected chi connectivity index (χ4v) is 2.71. The maximum absolute atomic E-state index is 11.5. The molecule has 1 fully saturated rings. The number of carbonyl (C=O) groups excluding carboxylic acids is 1. The Morgan fingerprint density at radius 1 is 1.38 bits per heavy atom. The monoisotopic (exact) mass is 291 g/mol. The number of nitrogens with zero attached hydrogens (tertiary/aromatic N) is 1. The topological polar surface area (TPSA) is 64.6 Å². The van der Waals surface area contributed by atoms with Gasteiger partial charge in [0.05, 0.1) is 6.61 Å². The molecule has 2 amide bonds. The zero-order valence-corrected chi connectivity index (χ0v) is 12.6. The van der Waals surface area contributed by atoms with Crippen molar-refractivity contribution >= 4 is 6.03 Å². The van der Waals surface area contributed by atoms with Crippen molar-refractivity contribution in [3.63, 3.8) is 0 Å². The number of hydrogen-bond donors (Lipinski definition) is 3. The lowest BCUT2D eigenvalue weighted by Crippen LogP contribution is -2.48. The molecule has 1 saturated heterocycles. The fourth-order valence-electron chi connectivity index (χ4n) is 2.71. The molecule has 0 atom stereocenters. The SMILES string of the molecule is Cc1cccc(CN2CCC(NC(=O)NCCO)CC2)c1. The van der Waals surface area contributed by atoms with E-state index in [1.54, 1.807) is 0 Å². The highest BCUT2D eigenvalue weighted by Crippen LogP contribution is 2.14. The van der Waals surface area contributed by atoms with Crippen molar-refractivity contribution in [2.24, 2.45) is 0 Å². The molecule has 5 nitrogen and oxygen atoms in total. The number of aliphatic hydroxyl groups excluding tert-OH is 1. The highest BCUT2D eigenvalue weighted by atomic mass is 16.3. The number of nitrogens with one attached hydrogen (secondary N) is 2. The number of amides is 2. The van der Waals surface area contributed by atoms with Crippen LogP contribution in [0.4, 0.5) is 4.79 Å². The quantitative estimate of drug-likeness (QED) is 0.765. The van der Waals surface area contributed by atoms with Crippen LogP contribution in [0.15, 0.2) is 24.3 Å². The minimum atomic E-state index is -0.179. The van der Waals surface area contributed by atoms with Gasteiger partial charge < -0.3 is 15.7 Å². The van der Waals surface area contributed by atoms with Crippen LogP contribution in [-0.4, -0.2) is 48.3 Å². The molecule has 0 saturated carbocycles. The lowest BCUT2D eigenvalue weighted by Gasteiger charge is -2.32. The standard InChI is InChI=1S/C16H25N3O2/c1-13-3-2-4-14(11-13)12-19-8-5-15(6-9-19)18-16(21)17-7-10-20/h2-4,11,15,20H,5-10,12H2,1H3,(H2,17,18,21). The van der Waals surface area contributed by atoms with Crippen LogP contribution in [0, 0.1) is 6.92 Å². The summed E-state index contributed by atoms with van der Waals surface area (Å²) >= 11 is 0. The third-order valence-corrected chi connectivity index (χ3v) is 3.81. The number of benzene rings is 1. The van der Waals surface area contributed by atoms with E-state index in [0.717, 1.165) is 32.5 Å². The van der Waals surface area contributed by atoms with Crippen molar-refractivity contribution < 1.29 is 9.90 Å². The van der Waals surface area contributed by atoms with Crippen molar-refractivity contribution in [3.8, 4) is 0 Å². The molecular weight excluding hydrogens is 266 g/mol. The van der Waals surface area contributed by atoms with E-state index in [1.165, 1.54) is 11.1 Å². The van der Waals surface area contributed by atoms with Crippen LogP contribution in [0.2, 0.25) is 0 Å². The van der Waals surface area contributed by atoms with Gasteiger partial charge in [-0.3, -0.25) is 4.90 Å². The molecular formula is C16H25N3O2. The van der Waals surface area contributed by atoms with E-state index in [9.17, 15) is 4.79 Å². The van der Waals surface area contributed by atoms with Crippen molar-refractivity contribution in [3.05, 3.63) is 35.4 Å². The van der Waals surface area contributed by atoms with Gasteiger partial charge in [0.15, 0.2) is 0 Å². The fraction of sp³-hybridized carbons (Fsp3) is 0.562. The molecule has 0 aliphatic carbocycles. The Bertz CT molecular complexity index is 457. The summed E-state index contributed by atoms with van der Waals surface area (Å²) in [6.45, 7) is 5.37. The van der Waals surface area contributed by atoms with E-state index in [1.807, 2.05) is 0 Å². The Hall–Kier alpha value is -1.59. The first-order chi connectivity index (χ1) is 10.2. The lowest BCUT2D eigenvalue weighted by molar-refractivity contribution is 0.185. The number of hydrogen-bond acceptors (Lipinski definition) is 3. The van der Waals surface area contributed by atoms with Gasteiger partial charge in [-0.15, -0.1) is 0 Å². The van der Waals surface area contributed by atoms with E-state index >= 15 is 0 Å². The third-order valence-electron chi connectivity index (χ3n) is 3.81. The molecule has 0 radical (unpaired) electrons. The second kappa shape index (κ2) is 8.00. The number of urea groups is 1. The summed E-state index contributed by atoms with van der Waals surface area (Å²) in [7, 11) is 0. The van der Waals surface area contributed by atoms with Gasteiger partial charge in [-0.2, -0.15) is 0 Å². The Balaban J connectivity index is 1.72. The van der Waals surface area contributed by atoms with Gasteiger partial charge in [0.2, 0.25) is 0 Å². The van der Waals surface area contributed by atoms with Gasteiger partial charge >= 0.3 is 6.03 Å². The average molecular weight is 291 g/mol. The highest BCUT2D eigenvalue weighted by molar-refractivity contribution is 5.74. The first-order valence-electron chi connectivity index (χ1n) is 7.60. The molecule has 5 heteroatoms. The average Bonchev–Trinajstić information content (AvgIpc) is 2.47. The lowest BCUT2D eigenvalue weighted by atomic mass is 10.0. The highest BCUT2D eigenvalue weighted by Gasteiger charge is 2.20. The predicted octanol–water partition coefficient (Wildman–Crippen LogP) is 1.25. The van der Waals surface area contributed by atoms with Crippen LogP contribution < -0.4 is 10.6 Å². The molecule has 0 aromatic heterocycles. The summed E-state index contributed by atoms with van der Waals surface area (Å²) in [6.07, 6.45) is 1.94. The number of aryl methyl sites for hydroxylation is 1. The molecule has 0 unspecified atom stereocenters. The molecule has 2 rings (SSSR count). The van der Waals surface area contributed by atoms with Crippen LogP contribution in [-0.2, 0) is 6.54 Å². The second-order valence-electron chi connectivity index (χ2n) is 5.66. The maximum atomic E-state index is 11.5. The number of likely N-dealkylation sites (tertiary alicyclic amines) is 1. The Labute approximate surface area is 126 Å². The van der Waals surface area contributed by atoms with Crippen molar-refractivity contribution in [2.75, 3.05) is 26.2 Å². The van der Waals surface area contributed by atoms with Crippen LogP contribution >= 0.6 is 0 Å². The van der Waals surface area contributed by atoms with Gasteiger partial charge in [-0.05, 0) is 25.3 Å². The van der Waals surface area contributed by atoms with Crippen molar-refractivity contribution in [2.45, 2.75) is 32.4 Å². The van der Waals surface area contributed by atoms with Crippen LogP contribution in [0.1, 0.15) is 24.0 Å². The van der Waals surface area contributed by atoms with E-state index in [4.69, 9.17) is 5.11 Å². The van der Waals surface area contributed by atoms with Crippen LogP contribution in [0.25, 0.3) is 0 Å². The minimum absolute atomic E-state index is 0.0254. The van der Waals surface area contributed by atoms with E-state index in [-0.39, 0.29) is 18.7 Å². The first-order valence-corrected chi connectivity index (χ1v) is 7.60. The molecule has 116 valence electrons. The molecule has 1 heterocycles. The second-order valence-corrected chi connectivity index (χ2v) is 5.66. The normalized spacial score (nSPS) is 16.7. The van der Waals surface area contributed by atoms with Gasteiger partial charge in [0.1, 0.15) is 0 Å². The van der Waals surface area contributed by atoms with Crippen molar-refractivity contribution in [1.29, 1.82) is 0 Å². The first kappa shape index (κ1) is 15.8. The Morgan fingerprint density at radius 3 is 2.81 bits per heavy atom. The van der Waals surface area contributed by atoms with Gasteiger partial charge in [0, 0.05) is 32.2 Å². The minimum Gasteiger partial charge on any atom is -0.395 e. The van der Waals surface area contributed by atoms with E-state index in [0.29, 0.717) is 6.54 Å². The molecule has 1 aliphatic heterocycles. The summed E-state index contributed by atoms with van der Waals surface area (Å²) in [6, 6.07) is 8.67. The molecule has 21 heavy (non-hydrogen) atoms. The number of rotatable bonds is 5. The summed E-state index contributed by atoms with van der Waals surface area (Å²) in [5.41, 5.74) is 2.65. The number of carbonyl (C=O) groups is 1. The number of aliphatic hydroxyl groups is 1. The maximum Gasteiger partial charge on any atom is 0.315 e. The number of piperidine rings is 1. The third kappa shape index (κ3) is 5.36. The van der Waals surface area contributed by atoms with Crippen LogP contribution in [0.5, 0.6) is 0 Å². The molecule has 0 spiro atoms. The summed E-state index contributed by atoms with van der Waals surface area (Å²) < 4.78 is 0. The van der Waals surface area contributed by atoms with E-state index < -0.39 is 0 Å². The van der Waals surface area contributed by atoms with Crippen LogP contribution in [0.3, 0.4) is 0 Å². The molecule has 0 bridgehead atoms. The van der Waals surface area contributed by atoms with E-state index in [2.05, 4.69) is 46.7 Å². The summed E-state index contributed by atoms with van der Waals surface area (Å²) in [5, 5.41) is 14.2. The predicted molar refractivity (Wildman–Crippen MR) is 83.1 cm³/mol. The zero-order chi connectivity index (χ0) is 15.1. The molecule has 3 N–H and O–H groups in total. The van der Waals surface area contributed by atoms with Gasteiger partial charge in [0.25, 0.3) is 0 Å². The smallest absolute Gasteiger partial charge is 0.315 e. The van der Waals surface area contributed by atoms with Gasteiger partial charge in [-0.1, -0.05) is 29.8 Å². The van der Waals surface area contributed by atoms with Crippen molar-refractivity contribution in [1.82, 2.24) is 15.5 Å².